The van der Waals surface area contributed by atoms with Crippen LogP contribution in [-0.4, -0.2) is 24.4 Å². The molecule has 4 rings (SSSR count). The molecular formula is C25H18Cl2N2O4S. The Labute approximate surface area is 210 Å². The van der Waals surface area contributed by atoms with Crippen molar-refractivity contribution in [2.45, 2.75) is 11.8 Å². The van der Waals surface area contributed by atoms with Crippen LogP contribution in [-0.2, 0) is 14.3 Å². The van der Waals surface area contributed by atoms with Gasteiger partial charge in [0, 0.05) is 10.6 Å². The second kappa shape index (κ2) is 10.3. The number of carbonyl (C=O) groups is 3. The number of imide groups is 1. The number of halogens is 2. The first-order valence-electron chi connectivity index (χ1n) is 10.2. The number of hydrogen-bond acceptors (Lipinski definition) is 6. The third-order valence-corrected chi connectivity index (χ3v) is 6.72. The standard InChI is InChI=1S/C25H18Cl2N2O4S/c1-2-33-25(32)15-8-6-9-16(14-15)28-21-22(34-17-10-4-3-5-11-17)24(31)29(23(21)30)19-13-7-12-18(26)20(19)27/h3-14,28H,2H2,1H3. The van der Waals surface area contributed by atoms with Crippen LogP contribution in [0.2, 0.25) is 10.0 Å². The van der Waals surface area contributed by atoms with Crippen LogP contribution in [0.4, 0.5) is 11.4 Å². The average Bonchev–Trinajstić information content (AvgIpc) is 3.06. The molecule has 0 unspecified atom stereocenters. The number of nitrogens with one attached hydrogen (secondary N) is 1. The Morgan fingerprint density at radius 1 is 0.971 bits per heavy atom. The summed E-state index contributed by atoms with van der Waals surface area (Å²) in [4.78, 5) is 41.0. The van der Waals surface area contributed by atoms with Gasteiger partial charge >= 0.3 is 5.97 Å². The highest BCUT2D eigenvalue weighted by Gasteiger charge is 2.41. The van der Waals surface area contributed by atoms with E-state index in [2.05, 4.69) is 5.32 Å². The summed E-state index contributed by atoms with van der Waals surface area (Å²) < 4.78 is 5.05. The van der Waals surface area contributed by atoms with Crippen LogP contribution in [0.3, 0.4) is 0 Å². The molecule has 0 fully saturated rings. The van der Waals surface area contributed by atoms with Crippen molar-refractivity contribution in [3.63, 3.8) is 0 Å². The lowest BCUT2D eigenvalue weighted by Crippen LogP contribution is -2.32. The zero-order valence-electron chi connectivity index (χ0n) is 17.9. The minimum Gasteiger partial charge on any atom is -0.462 e. The Morgan fingerprint density at radius 3 is 2.44 bits per heavy atom. The first-order valence-corrected chi connectivity index (χ1v) is 11.8. The van der Waals surface area contributed by atoms with Crippen molar-refractivity contribution >= 4 is 64.1 Å². The predicted molar refractivity (Wildman–Crippen MR) is 134 cm³/mol. The maximum absolute atomic E-state index is 13.5. The van der Waals surface area contributed by atoms with Crippen LogP contribution in [0, 0.1) is 0 Å². The van der Waals surface area contributed by atoms with Crippen molar-refractivity contribution < 1.29 is 19.1 Å². The molecule has 0 saturated carbocycles. The number of ether oxygens (including phenoxy) is 1. The highest BCUT2D eigenvalue weighted by atomic mass is 35.5. The summed E-state index contributed by atoms with van der Waals surface area (Å²) in [7, 11) is 0. The van der Waals surface area contributed by atoms with E-state index in [0.29, 0.717) is 11.3 Å². The fourth-order valence-electron chi connectivity index (χ4n) is 3.29. The van der Waals surface area contributed by atoms with E-state index in [1.165, 1.54) is 0 Å². The van der Waals surface area contributed by atoms with Gasteiger partial charge in [0.25, 0.3) is 11.8 Å². The Kier molecular flexibility index (Phi) is 7.26. The summed E-state index contributed by atoms with van der Waals surface area (Å²) in [5, 5.41) is 3.35. The summed E-state index contributed by atoms with van der Waals surface area (Å²) in [6.45, 7) is 1.96. The normalized spacial score (nSPS) is 13.4. The highest BCUT2D eigenvalue weighted by Crippen LogP contribution is 2.41. The Hall–Kier alpha value is -3.26. The maximum Gasteiger partial charge on any atom is 0.338 e. The number of amides is 2. The molecule has 0 spiro atoms. The van der Waals surface area contributed by atoms with E-state index in [1.54, 1.807) is 49.4 Å². The summed E-state index contributed by atoms with van der Waals surface area (Å²) in [5.41, 5.74) is 1.02. The van der Waals surface area contributed by atoms with E-state index in [1.807, 2.05) is 30.3 Å². The largest absolute Gasteiger partial charge is 0.462 e. The molecule has 0 bridgehead atoms. The monoisotopic (exact) mass is 512 g/mol. The average molecular weight is 513 g/mol. The molecule has 3 aromatic carbocycles. The molecule has 1 aliphatic heterocycles. The van der Waals surface area contributed by atoms with Gasteiger partial charge in [-0.2, -0.15) is 0 Å². The number of rotatable bonds is 7. The van der Waals surface area contributed by atoms with Gasteiger partial charge in [-0.05, 0) is 49.4 Å². The number of nitrogens with zero attached hydrogens (tertiary/aromatic N) is 1. The van der Waals surface area contributed by atoms with Gasteiger partial charge in [-0.25, -0.2) is 9.69 Å². The molecule has 172 valence electrons. The third kappa shape index (κ3) is 4.82. The second-order valence-corrected chi connectivity index (χ2v) is 8.93. The van der Waals surface area contributed by atoms with Crippen LogP contribution in [0.15, 0.2) is 88.3 Å². The number of esters is 1. The van der Waals surface area contributed by atoms with Gasteiger partial charge in [0.15, 0.2) is 0 Å². The number of thioether (sulfide) groups is 1. The van der Waals surface area contributed by atoms with Crippen LogP contribution in [0.25, 0.3) is 0 Å². The fraction of sp³-hybridized carbons (Fsp3) is 0.0800. The Balaban J connectivity index is 1.75. The maximum atomic E-state index is 13.5. The van der Waals surface area contributed by atoms with Crippen molar-refractivity contribution in [2.75, 3.05) is 16.8 Å². The highest BCUT2D eigenvalue weighted by molar-refractivity contribution is 8.04. The number of benzene rings is 3. The van der Waals surface area contributed by atoms with Crippen molar-refractivity contribution in [3.8, 4) is 0 Å². The summed E-state index contributed by atoms with van der Waals surface area (Å²) in [6.07, 6.45) is 0. The van der Waals surface area contributed by atoms with Gasteiger partial charge in [-0.15, -0.1) is 0 Å². The van der Waals surface area contributed by atoms with E-state index in [4.69, 9.17) is 27.9 Å². The number of hydrogen-bond donors (Lipinski definition) is 1. The summed E-state index contributed by atoms with van der Waals surface area (Å²) in [5.74, 6) is -1.61. The lowest BCUT2D eigenvalue weighted by molar-refractivity contribution is -0.120. The molecule has 6 nitrogen and oxygen atoms in total. The van der Waals surface area contributed by atoms with E-state index in [0.717, 1.165) is 21.6 Å². The first kappa shape index (κ1) is 23.9. The van der Waals surface area contributed by atoms with Gasteiger partial charge < -0.3 is 10.1 Å². The Bertz CT molecular complexity index is 1310. The minimum atomic E-state index is -0.589. The zero-order valence-corrected chi connectivity index (χ0v) is 20.2. The molecule has 34 heavy (non-hydrogen) atoms. The summed E-state index contributed by atoms with van der Waals surface area (Å²) in [6, 6.07) is 20.5. The molecule has 0 aliphatic carbocycles. The molecule has 1 aliphatic rings. The van der Waals surface area contributed by atoms with Gasteiger partial charge in [-0.1, -0.05) is 65.3 Å². The first-order chi connectivity index (χ1) is 16.4. The predicted octanol–water partition coefficient (Wildman–Crippen LogP) is 6.16. The third-order valence-electron chi connectivity index (χ3n) is 4.82. The quantitative estimate of drug-likeness (QED) is 0.301. The van der Waals surface area contributed by atoms with Crippen molar-refractivity contribution in [2.24, 2.45) is 0 Å². The summed E-state index contributed by atoms with van der Waals surface area (Å²) >= 11 is 13.6. The van der Waals surface area contributed by atoms with Gasteiger partial charge in [0.2, 0.25) is 0 Å². The number of carbonyl (C=O) groups excluding carboxylic acids is 3. The van der Waals surface area contributed by atoms with Crippen molar-refractivity contribution in [1.82, 2.24) is 0 Å². The molecule has 0 aromatic heterocycles. The molecule has 2 amide bonds. The van der Waals surface area contributed by atoms with Crippen LogP contribution < -0.4 is 10.2 Å². The molecule has 0 atom stereocenters. The van der Waals surface area contributed by atoms with Crippen LogP contribution in [0.5, 0.6) is 0 Å². The SMILES string of the molecule is CCOC(=O)c1cccc(NC2=C(Sc3ccccc3)C(=O)N(c3cccc(Cl)c3Cl)C2=O)c1. The van der Waals surface area contributed by atoms with Crippen molar-refractivity contribution in [1.29, 1.82) is 0 Å². The van der Waals surface area contributed by atoms with Crippen LogP contribution >= 0.6 is 35.0 Å². The van der Waals surface area contributed by atoms with E-state index >= 15 is 0 Å². The van der Waals surface area contributed by atoms with E-state index in [9.17, 15) is 14.4 Å². The molecule has 0 radical (unpaired) electrons. The molecule has 1 heterocycles. The molecular weight excluding hydrogens is 495 g/mol. The second-order valence-electron chi connectivity index (χ2n) is 7.06. The zero-order chi connectivity index (χ0) is 24.2. The van der Waals surface area contributed by atoms with Gasteiger partial charge in [0.1, 0.15) is 10.6 Å². The molecule has 9 heteroatoms. The lowest BCUT2D eigenvalue weighted by atomic mass is 10.2. The number of anilines is 2. The molecule has 3 aromatic rings. The van der Waals surface area contributed by atoms with Crippen molar-refractivity contribution in [3.05, 3.63) is 99.0 Å². The topological polar surface area (TPSA) is 75.7 Å². The molecule has 0 saturated heterocycles. The molecule has 1 N–H and O–H groups in total. The van der Waals surface area contributed by atoms with Gasteiger partial charge in [-0.3, -0.25) is 9.59 Å². The minimum absolute atomic E-state index is 0.0657. The van der Waals surface area contributed by atoms with E-state index in [-0.39, 0.29) is 32.9 Å². The van der Waals surface area contributed by atoms with Crippen LogP contribution in [0.1, 0.15) is 17.3 Å². The smallest absolute Gasteiger partial charge is 0.338 e. The lowest BCUT2D eigenvalue weighted by Gasteiger charge is -2.17. The Morgan fingerprint density at radius 2 is 1.71 bits per heavy atom. The van der Waals surface area contributed by atoms with Gasteiger partial charge in [0.05, 0.1) is 27.9 Å². The fourth-order valence-corrected chi connectivity index (χ4v) is 4.62. The van der Waals surface area contributed by atoms with E-state index < -0.39 is 17.8 Å².